The van der Waals surface area contributed by atoms with Crippen molar-refractivity contribution in [1.29, 1.82) is 0 Å². The number of nitrogens with zero attached hydrogens (tertiary/aromatic N) is 1. The summed E-state index contributed by atoms with van der Waals surface area (Å²) in [6, 6.07) is 1.30. The summed E-state index contributed by atoms with van der Waals surface area (Å²) in [5, 5.41) is 0.242. The molecule has 1 N–H and O–H groups in total. The molecule has 0 aliphatic heterocycles. The SMILES string of the molecule is CC1CCC(NS(=O)(=O)c2cnc(Cl)c(Cl)c2)CC1C. The lowest BCUT2D eigenvalue weighted by Crippen LogP contribution is -2.39. The standard InChI is InChI=1S/C13H18Cl2N2O2S/c1-8-3-4-10(5-9(8)2)17-20(18,19)11-6-12(14)13(15)16-7-11/h6-10,17H,3-5H2,1-2H3. The van der Waals surface area contributed by atoms with Gasteiger partial charge >= 0.3 is 0 Å². The molecule has 0 saturated heterocycles. The van der Waals surface area contributed by atoms with Crippen LogP contribution in [0.25, 0.3) is 0 Å². The molecule has 1 aromatic rings. The third-order valence-corrected chi connectivity index (χ3v) is 6.18. The molecule has 3 unspecified atom stereocenters. The summed E-state index contributed by atoms with van der Waals surface area (Å²) < 4.78 is 27.3. The number of hydrogen-bond donors (Lipinski definition) is 1. The number of pyridine rings is 1. The monoisotopic (exact) mass is 336 g/mol. The van der Waals surface area contributed by atoms with Gasteiger partial charge in [0.15, 0.2) is 0 Å². The first-order valence-electron chi connectivity index (χ1n) is 6.63. The van der Waals surface area contributed by atoms with E-state index in [1.807, 2.05) is 0 Å². The van der Waals surface area contributed by atoms with E-state index in [1.54, 1.807) is 0 Å². The van der Waals surface area contributed by atoms with E-state index in [2.05, 4.69) is 23.6 Å². The van der Waals surface area contributed by atoms with E-state index < -0.39 is 10.0 Å². The van der Waals surface area contributed by atoms with Crippen LogP contribution in [0.15, 0.2) is 17.2 Å². The van der Waals surface area contributed by atoms with E-state index in [0.717, 1.165) is 19.3 Å². The van der Waals surface area contributed by atoms with Crippen LogP contribution in [0.3, 0.4) is 0 Å². The van der Waals surface area contributed by atoms with Crippen LogP contribution in [0.1, 0.15) is 33.1 Å². The summed E-state index contributed by atoms with van der Waals surface area (Å²) in [7, 11) is -3.60. The van der Waals surface area contributed by atoms with Gasteiger partial charge in [-0.05, 0) is 37.2 Å². The summed E-state index contributed by atoms with van der Waals surface area (Å²) in [6.07, 6.45) is 3.98. The highest BCUT2D eigenvalue weighted by molar-refractivity contribution is 7.89. The number of hydrogen-bond acceptors (Lipinski definition) is 3. The zero-order valence-corrected chi connectivity index (χ0v) is 13.8. The first-order chi connectivity index (χ1) is 9.29. The quantitative estimate of drug-likeness (QED) is 0.859. The van der Waals surface area contributed by atoms with Crippen molar-refractivity contribution in [2.24, 2.45) is 11.8 Å². The molecule has 1 saturated carbocycles. The van der Waals surface area contributed by atoms with Crippen molar-refractivity contribution in [2.75, 3.05) is 0 Å². The Morgan fingerprint density at radius 3 is 2.55 bits per heavy atom. The molecule has 1 aliphatic carbocycles. The molecule has 0 aromatic carbocycles. The predicted octanol–water partition coefficient (Wildman–Crippen LogP) is 3.49. The maximum atomic E-state index is 12.3. The van der Waals surface area contributed by atoms with Gasteiger partial charge in [0.05, 0.1) is 5.02 Å². The zero-order valence-electron chi connectivity index (χ0n) is 11.4. The van der Waals surface area contributed by atoms with Crippen molar-refractivity contribution in [3.8, 4) is 0 Å². The first kappa shape index (κ1) is 16.0. The number of halogens is 2. The third-order valence-electron chi connectivity index (χ3n) is 4.00. The summed E-state index contributed by atoms with van der Waals surface area (Å²) in [5.41, 5.74) is 0. The molecule has 20 heavy (non-hydrogen) atoms. The average molecular weight is 337 g/mol. The molecule has 1 fully saturated rings. The van der Waals surface area contributed by atoms with Gasteiger partial charge in [-0.25, -0.2) is 18.1 Å². The molecule has 0 bridgehead atoms. The van der Waals surface area contributed by atoms with Gasteiger partial charge in [-0.1, -0.05) is 37.0 Å². The molecule has 1 heterocycles. The fourth-order valence-electron chi connectivity index (χ4n) is 2.49. The van der Waals surface area contributed by atoms with E-state index >= 15 is 0 Å². The molecule has 0 radical (unpaired) electrons. The van der Waals surface area contributed by atoms with E-state index in [-0.39, 0.29) is 21.1 Å². The van der Waals surface area contributed by atoms with Crippen LogP contribution in [0, 0.1) is 11.8 Å². The van der Waals surface area contributed by atoms with Crippen LogP contribution in [0.5, 0.6) is 0 Å². The summed E-state index contributed by atoms with van der Waals surface area (Å²) >= 11 is 11.5. The van der Waals surface area contributed by atoms with Crippen molar-refractivity contribution in [1.82, 2.24) is 9.71 Å². The van der Waals surface area contributed by atoms with E-state index in [0.29, 0.717) is 11.8 Å². The zero-order chi connectivity index (χ0) is 14.9. The van der Waals surface area contributed by atoms with Crippen molar-refractivity contribution < 1.29 is 8.42 Å². The second kappa shape index (κ2) is 6.18. The minimum atomic E-state index is -3.60. The topological polar surface area (TPSA) is 59.1 Å². The lowest BCUT2D eigenvalue weighted by molar-refractivity contribution is 0.242. The highest BCUT2D eigenvalue weighted by Gasteiger charge is 2.28. The van der Waals surface area contributed by atoms with Crippen molar-refractivity contribution in [3.63, 3.8) is 0 Å². The van der Waals surface area contributed by atoms with Crippen LogP contribution in [-0.4, -0.2) is 19.4 Å². The van der Waals surface area contributed by atoms with E-state index in [9.17, 15) is 8.42 Å². The Bertz CT molecular complexity index is 592. The van der Waals surface area contributed by atoms with Crippen molar-refractivity contribution in [2.45, 2.75) is 44.0 Å². The predicted molar refractivity (Wildman–Crippen MR) is 80.5 cm³/mol. The minimum absolute atomic E-state index is 0.0272. The Labute approximate surface area is 129 Å². The van der Waals surface area contributed by atoms with Crippen molar-refractivity contribution >= 4 is 33.2 Å². The van der Waals surface area contributed by atoms with Gasteiger partial charge in [0, 0.05) is 12.2 Å². The highest BCUT2D eigenvalue weighted by atomic mass is 35.5. The van der Waals surface area contributed by atoms with E-state index in [1.165, 1.54) is 12.3 Å². The van der Waals surface area contributed by atoms with Gasteiger partial charge in [0.2, 0.25) is 10.0 Å². The second-order valence-electron chi connectivity index (χ2n) is 5.53. The fourth-order valence-corrected chi connectivity index (χ4v) is 4.08. The molecular formula is C13H18Cl2N2O2S. The molecule has 0 amide bonds. The average Bonchev–Trinajstić information content (AvgIpc) is 2.37. The summed E-state index contributed by atoms with van der Waals surface area (Å²) in [4.78, 5) is 3.83. The molecule has 2 rings (SSSR count). The first-order valence-corrected chi connectivity index (χ1v) is 8.87. The molecule has 112 valence electrons. The molecule has 0 spiro atoms. The number of sulfonamides is 1. The smallest absolute Gasteiger partial charge is 0.242 e. The Morgan fingerprint density at radius 2 is 1.95 bits per heavy atom. The fraction of sp³-hybridized carbons (Fsp3) is 0.615. The lowest BCUT2D eigenvalue weighted by atomic mass is 9.79. The van der Waals surface area contributed by atoms with Crippen LogP contribution in [0.2, 0.25) is 10.2 Å². The Balaban J connectivity index is 2.13. The van der Waals surface area contributed by atoms with Crippen molar-refractivity contribution in [3.05, 3.63) is 22.4 Å². The lowest BCUT2D eigenvalue weighted by Gasteiger charge is -2.32. The number of rotatable bonds is 3. The second-order valence-corrected chi connectivity index (χ2v) is 8.01. The molecule has 7 heteroatoms. The Hall–Kier alpha value is -0.360. The van der Waals surface area contributed by atoms with Gasteiger partial charge in [-0.15, -0.1) is 0 Å². The molecule has 3 atom stereocenters. The van der Waals surface area contributed by atoms with Crippen LogP contribution >= 0.6 is 23.2 Å². The van der Waals surface area contributed by atoms with Crippen LogP contribution in [0.4, 0.5) is 0 Å². The third kappa shape index (κ3) is 3.64. The molecular weight excluding hydrogens is 319 g/mol. The molecule has 1 aliphatic rings. The van der Waals surface area contributed by atoms with Crippen LogP contribution in [-0.2, 0) is 10.0 Å². The van der Waals surface area contributed by atoms with Gasteiger partial charge < -0.3 is 0 Å². The van der Waals surface area contributed by atoms with E-state index in [4.69, 9.17) is 23.2 Å². The van der Waals surface area contributed by atoms with Gasteiger partial charge in [0.1, 0.15) is 10.0 Å². The maximum absolute atomic E-state index is 12.3. The normalized spacial score (nSPS) is 27.5. The highest BCUT2D eigenvalue weighted by Crippen LogP contribution is 2.30. The van der Waals surface area contributed by atoms with Crippen LogP contribution < -0.4 is 4.72 Å². The largest absolute Gasteiger partial charge is 0.242 e. The number of aromatic nitrogens is 1. The maximum Gasteiger partial charge on any atom is 0.242 e. The minimum Gasteiger partial charge on any atom is -0.242 e. The Kier molecular flexibility index (Phi) is 4.95. The number of nitrogens with one attached hydrogen (secondary N) is 1. The molecule has 1 aromatic heterocycles. The Morgan fingerprint density at radius 1 is 1.25 bits per heavy atom. The van der Waals surface area contributed by atoms with Gasteiger partial charge in [-0.3, -0.25) is 0 Å². The van der Waals surface area contributed by atoms with Gasteiger partial charge in [0.25, 0.3) is 0 Å². The summed E-state index contributed by atoms with van der Waals surface area (Å²) in [6.45, 7) is 4.37. The molecule has 4 nitrogen and oxygen atoms in total. The van der Waals surface area contributed by atoms with Gasteiger partial charge in [-0.2, -0.15) is 0 Å². The summed E-state index contributed by atoms with van der Waals surface area (Å²) in [5.74, 6) is 1.16.